The Morgan fingerprint density at radius 1 is 1.00 bits per heavy atom. The van der Waals surface area contributed by atoms with Crippen LogP contribution in [-0.2, 0) is 12.0 Å². The molecule has 2 saturated carbocycles. The lowest BCUT2D eigenvalue weighted by Gasteiger charge is -2.26. The summed E-state index contributed by atoms with van der Waals surface area (Å²) in [4.78, 5) is 2.52. The van der Waals surface area contributed by atoms with Gasteiger partial charge in [-0.05, 0) is 61.1 Å². The van der Waals surface area contributed by atoms with Crippen molar-refractivity contribution in [3.8, 4) is 0 Å². The summed E-state index contributed by atoms with van der Waals surface area (Å²) in [5, 5.41) is 9.77. The second kappa shape index (κ2) is 5.98. The third-order valence-corrected chi connectivity index (χ3v) is 5.84. The lowest BCUT2D eigenvalue weighted by Crippen LogP contribution is -2.29. The summed E-state index contributed by atoms with van der Waals surface area (Å²) in [5.41, 5.74) is 3.05. The van der Waals surface area contributed by atoms with Crippen molar-refractivity contribution in [2.24, 2.45) is 11.8 Å². The Morgan fingerprint density at radius 2 is 1.55 bits per heavy atom. The molecule has 0 amide bonds. The number of nitrogens with zero attached hydrogens (tertiary/aromatic N) is 1. The molecule has 122 valence electrons. The summed E-state index contributed by atoms with van der Waals surface area (Å²) >= 11 is 0. The average Bonchev–Trinajstić information content (AvgIpc) is 2.95. The quantitative estimate of drug-likeness (QED) is 0.913. The third kappa shape index (κ3) is 3.38. The molecule has 3 rings (SSSR count). The molecule has 0 radical (unpaired) electrons. The molecular formula is C20H31NO. The van der Waals surface area contributed by atoms with Gasteiger partial charge in [0.25, 0.3) is 0 Å². The summed E-state index contributed by atoms with van der Waals surface area (Å²) in [6.45, 7) is 7.83. The highest BCUT2D eigenvalue weighted by Crippen LogP contribution is 2.45. The van der Waals surface area contributed by atoms with E-state index < -0.39 is 0 Å². The lowest BCUT2D eigenvalue weighted by atomic mass is 9.87. The van der Waals surface area contributed by atoms with E-state index in [9.17, 15) is 5.11 Å². The molecule has 0 saturated heterocycles. The first kappa shape index (κ1) is 16.0. The topological polar surface area (TPSA) is 23.5 Å². The van der Waals surface area contributed by atoms with Gasteiger partial charge in [0.05, 0.1) is 6.10 Å². The van der Waals surface area contributed by atoms with Gasteiger partial charge in [-0.25, -0.2) is 0 Å². The molecule has 2 unspecified atom stereocenters. The number of hydrogen-bond acceptors (Lipinski definition) is 2. The van der Waals surface area contributed by atoms with Crippen LogP contribution in [-0.4, -0.2) is 29.2 Å². The molecule has 0 aromatic heterocycles. The minimum Gasteiger partial charge on any atom is -0.393 e. The molecule has 1 aromatic rings. The monoisotopic (exact) mass is 301 g/mol. The molecule has 22 heavy (non-hydrogen) atoms. The van der Waals surface area contributed by atoms with E-state index >= 15 is 0 Å². The molecule has 2 aliphatic rings. The standard InChI is InChI=1S/C20H31NO/c1-20(2,3)17-7-5-14(6-8-17)13-21(4)18-9-15-11-19(22)12-16(15)10-18/h5-8,15-16,18-19,22H,9-13H2,1-4H3/t15-,16+,18?,19?. The Bertz CT molecular complexity index is 487. The minimum atomic E-state index is -0.0220. The van der Waals surface area contributed by atoms with E-state index in [0.717, 1.165) is 31.2 Å². The van der Waals surface area contributed by atoms with Crippen LogP contribution in [0.3, 0.4) is 0 Å². The number of benzene rings is 1. The van der Waals surface area contributed by atoms with Gasteiger partial charge >= 0.3 is 0 Å². The Hall–Kier alpha value is -0.860. The molecule has 0 aliphatic heterocycles. The van der Waals surface area contributed by atoms with Crippen molar-refractivity contribution in [1.82, 2.24) is 4.90 Å². The molecule has 0 heterocycles. The van der Waals surface area contributed by atoms with Crippen molar-refractivity contribution in [2.45, 2.75) is 70.6 Å². The average molecular weight is 301 g/mol. The number of hydrogen-bond donors (Lipinski definition) is 1. The van der Waals surface area contributed by atoms with Gasteiger partial charge in [0, 0.05) is 12.6 Å². The van der Waals surface area contributed by atoms with E-state index in [0.29, 0.717) is 6.04 Å². The summed E-state index contributed by atoms with van der Waals surface area (Å²) in [6, 6.07) is 9.84. The maximum absolute atomic E-state index is 9.77. The van der Waals surface area contributed by atoms with E-state index in [-0.39, 0.29) is 11.5 Å². The van der Waals surface area contributed by atoms with E-state index in [1.165, 1.54) is 24.0 Å². The lowest BCUT2D eigenvalue weighted by molar-refractivity contribution is 0.158. The molecule has 0 spiro atoms. The molecule has 1 aromatic carbocycles. The SMILES string of the molecule is CN(Cc1ccc(C(C)(C)C)cc1)C1C[C@H]2CC(O)C[C@H]2C1. The van der Waals surface area contributed by atoms with E-state index in [4.69, 9.17) is 0 Å². The fourth-order valence-electron chi connectivity index (χ4n) is 4.44. The number of rotatable bonds is 3. The van der Waals surface area contributed by atoms with E-state index in [1.54, 1.807) is 0 Å². The van der Waals surface area contributed by atoms with Gasteiger partial charge in [0.15, 0.2) is 0 Å². The summed E-state index contributed by atoms with van der Waals surface area (Å²) in [7, 11) is 2.26. The van der Waals surface area contributed by atoms with Crippen LogP contribution >= 0.6 is 0 Å². The van der Waals surface area contributed by atoms with Crippen LogP contribution in [0.2, 0.25) is 0 Å². The second-order valence-corrected chi connectivity index (χ2v) is 8.63. The number of aliphatic hydroxyl groups excluding tert-OH is 1. The van der Waals surface area contributed by atoms with E-state index in [1.807, 2.05) is 0 Å². The second-order valence-electron chi connectivity index (χ2n) is 8.63. The first-order valence-corrected chi connectivity index (χ1v) is 8.80. The highest BCUT2D eigenvalue weighted by Gasteiger charge is 2.42. The van der Waals surface area contributed by atoms with Gasteiger partial charge in [-0.1, -0.05) is 45.0 Å². The predicted octanol–water partition coefficient (Wildman–Crippen LogP) is 3.97. The summed E-state index contributed by atoms with van der Waals surface area (Å²) < 4.78 is 0. The zero-order valence-electron chi connectivity index (χ0n) is 14.5. The Balaban J connectivity index is 1.57. The predicted molar refractivity (Wildman–Crippen MR) is 91.9 cm³/mol. The molecule has 2 fully saturated rings. The molecule has 1 N–H and O–H groups in total. The van der Waals surface area contributed by atoms with Gasteiger partial charge in [-0.3, -0.25) is 4.90 Å². The van der Waals surface area contributed by atoms with Crippen LogP contribution in [0.1, 0.15) is 57.6 Å². The summed E-state index contributed by atoms with van der Waals surface area (Å²) in [6.07, 6.45) is 4.60. The van der Waals surface area contributed by atoms with E-state index in [2.05, 4.69) is 57.0 Å². The Morgan fingerprint density at radius 3 is 2.05 bits per heavy atom. The van der Waals surface area contributed by atoms with Crippen LogP contribution in [0.15, 0.2) is 24.3 Å². The van der Waals surface area contributed by atoms with Gasteiger partial charge < -0.3 is 5.11 Å². The van der Waals surface area contributed by atoms with Crippen molar-refractivity contribution in [2.75, 3.05) is 7.05 Å². The normalized spacial score (nSPS) is 31.7. The Kier molecular flexibility index (Phi) is 4.35. The van der Waals surface area contributed by atoms with Gasteiger partial charge in [-0.2, -0.15) is 0 Å². The van der Waals surface area contributed by atoms with Crippen LogP contribution in [0, 0.1) is 11.8 Å². The third-order valence-electron chi connectivity index (χ3n) is 5.84. The maximum Gasteiger partial charge on any atom is 0.0545 e. The number of fused-ring (bicyclic) bond motifs is 1. The maximum atomic E-state index is 9.77. The first-order chi connectivity index (χ1) is 10.3. The highest BCUT2D eigenvalue weighted by molar-refractivity contribution is 5.27. The van der Waals surface area contributed by atoms with Gasteiger partial charge in [0.2, 0.25) is 0 Å². The Labute approximate surface area is 135 Å². The van der Waals surface area contributed by atoms with Crippen molar-refractivity contribution in [1.29, 1.82) is 0 Å². The van der Waals surface area contributed by atoms with Crippen LogP contribution < -0.4 is 0 Å². The largest absolute Gasteiger partial charge is 0.393 e. The highest BCUT2D eigenvalue weighted by atomic mass is 16.3. The van der Waals surface area contributed by atoms with Crippen LogP contribution in [0.25, 0.3) is 0 Å². The fourth-order valence-corrected chi connectivity index (χ4v) is 4.44. The van der Waals surface area contributed by atoms with Crippen molar-refractivity contribution >= 4 is 0 Å². The minimum absolute atomic E-state index is 0.0220. The zero-order chi connectivity index (χ0) is 15.9. The molecule has 2 nitrogen and oxygen atoms in total. The molecule has 4 atom stereocenters. The smallest absolute Gasteiger partial charge is 0.0545 e. The van der Waals surface area contributed by atoms with Gasteiger partial charge in [0.1, 0.15) is 0 Å². The van der Waals surface area contributed by atoms with Crippen molar-refractivity contribution < 1.29 is 5.11 Å². The molecular weight excluding hydrogens is 270 g/mol. The fraction of sp³-hybridized carbons (Fsp3) is 0.700. The van der Waals surface area contributed by atoms with Crippen LogP contribution in [0.5, 0.6) is 0 Å². The molecule has 2 heteroatoms. The van der Waals surface area contributed by atoms with Crippen molar-refractivity contribution in [3.63, 3.8) is 0 Å². The zero-order valence-corrected chi connectivity index (χ0v) is 14.5. The van der Waals surface area contributed by atoms with Crippen LogP contribution in [0.4, 0.5) is 0 Å². The number of aliphatic hydroxyl groups is 1. The summed E-state index contributed by atoms with van der Waals surface area (Å²) in [5.74, 6) is 1.54. The molecule has 0 bridgehead atoms. The van der Waals surface area contributed by atoms with Gasteiger partial charge in [-0.15, -0.1) is 0 Å². The first-order valence-electron chi connectivity index (χ1n) is 8.80. The molecule has 2 aliphatic carbocycles. The van der Waals surface area contributed by atoms with Crippen molar-refractivity contribution in [3.05, 3.63) is 35.4 Å².